The van der Waals surface area contributed by atoms with Crippen LogP contribution in [-0.4, -0.2) is 24.7 Å². The van der Waals surface area contributed by atoms with E-state index in [1.807, 2.05) is 0 Å². The van der Waals surface area contributed by atoms with Gasteiger partial charge in [0.15, 0.2) is 9.84 Å². The smallest absolute Gasteiger partial charge is 0.309 e. The molecule has 1 saturated carbocycles. The zero-order valence-corrected chi connectivity index (χ0v) is 12.2. The zero-order chi connectivity index (χ0) is 15.1. The van der Waals surface area contributed by atoms with Gasteiger partial charge < -0.3 is 5.11 Å². The Kier molecular flexibility index (Phi) is 3.62. The molecule has 1 aromatic carbocycles. The van der Waals surface area contributed by atoms with Gasteiger partial charge in [-0.3, -0.25) is 4.79 Å². The highest BCUT2D eigenvalue weighted by molar-refractivity contribution is 7.92. The number of aliphatic carboxylic acids is 1. The Labute approximate surface area is 117 Å². The molecule has 1 N–H and O–H groups in total. The van der Waals surface area contributed by atoms with Gasteiger partial charge in [0.1, 0.15) is 10.7 Å². The third-order valence-electron chi connectivity index (χ3n) is 3.49. The van der Waals surface area contributed by atoms with Crippen molar-refractivity contribution in [3.8, 4) is 0 Å². The average molecular weight is 300 g/mol. The van der Waals surface area contributed by atoms with E-state index in [4.69, 9.17) is 5.11 Å². The van der Waals surface area contributed by atoms with Gasteiger partial charge in [0, 0.05) is 0 Å². The van der Waals surface area contributed by atoms with Crippen LogP contribution < -0.4 is 0 Å². The summed E-state index contributed by atoms with van der Waals surface area (Å²) in [5.74, 6) is -1.77. The highest BCUT2D eigenvalue weighted by Gasteiger charge is 2.38. The fraction of sp³-hybridized carbons (Fsp3) is 0.500. The number of carboxylic acid groups (broad SMARTS) is 1. The van der Waals surface area contributed by atoms with Crippen molar-refractivity contribution >= 4 is 15.8 Å². The molecule has 0 spiro atoms. The van der Waals surface area contributed by atoms with Gasteiger partial charge in [0.05, 0.1) is 10.7 Å². The maximum Gasteiger partial charge on any atom is 0.309 e. The average Bonchev–Trinajstić information content (AvgIpc) is 3.11. The molecule has 0 unspecified atom stereocenters. The fourth-order valence-corrected chi connectivity index (χ4v) is 3.73. The molecule has 0 saturated heterocycles. The lowest BCUT2D eigenvalue weighted by atomic mass is 9.86. The van der Waals surface area contributed by atoms with Gasteiger partial charge in [0.25, 0.3) is 0 Å². The minimum Gasteiger partial charge on any atom is -0.481 e. The Balaban J connectivity index is 2.29. The van der Waals surface area contributed by atoms with Crippen LogP contribution in [0.5, 0.6) is 0 Å². The van der Waals surface area contributed by atoms with Crippen molar-refractivity contribution in [3.05, 3.63) is 29.6 Å². The molecule has 2 rings (SSSR count). The van der Waals surface area contributed by atoms with E-state index in [1.54, 1.807) is 13.8 Å². The third kappa shape index (κ3) is 2.85. The molecule has 110 valence electrons. The number of carboxylic acids is 1. The topological polar surface area (TPSA) is 71.4 Å². The fourth-order valence-electron chi connectivity index (χ4n) is 2.03. The van der Waals surface area contributed by atoms with Crippen molar-refractivity contribution in [1.82, 2.24) is 0 Å². The van der Waals surface area contributed by atoms with E-state index in [9.17, 15) is 17.6 Å². The Hall–Kier alpha value is -1.43. The van der Waals surface area contributed by atoms with Crippen LogP contribution in [0.1, 0.15) is 32.3 Å². The van der Waals surface area contributed by atoms with Crippen LogP contribution in [0.2, 0.25) is 0 Å². The van der Waals surface area contributed by atoms with Crippen molar-refractivity contribution in [3.63, 3.8) is 0 Å². The molecule has 0 amide bonds. The quantitative estimate of drug-likeness (QED) is 0.906. The predicted octanol–water partition coefficient (Wildman–Crippen LogP) is 2.42. The lowest BCUT2D eigenvalue weighted by Crippen LogP contribution is -2.26. The van der Waals surface area contributed by atoms with Gasteiger partial charge >= 0.3 is 5.97 Å². The van der Waals surface area contributed by atoms with Crippen LogP contribution in [-0.2, 0) is 21.1 Å². The summed E-state index contributed by atoms with van der Waals surface area (Å²) in [6.07, 6.45) is 1.30. The summed E-state index contributed by atoms with van der Waals surface area (Å²) in [5.41, 5.74) is -0.548. The molecule has 6 heteroatoms. The lowest BCUT2D eigenvalue weighted by molar-refractivity contribution is -0.146. The summed E-state index contributed by atoms with van der Waals surface area (Å²) in [4.78, 5) is 10.8. The van der Waals surface area contributed by atoms with Crippen molar-refractivity contribution < 1.29 is 22.7 Å². The van der Waals surface area contributed by atoms with Gasteiger partial charge in [-0.25, -0.2) is 12.8 Å². The molecule has 0 atom stereocenters. The van der Waals surface area contributed by atoms with Gasteiger partial charge in [-0.15, -0.1) is 0 Å². The van der Waals surface area contributed by atoms with Gasteiger partial charge in [-0.1, -0.05) is 6.07 Å². The summed E-state index contributed by atoms with van der Waals surface area (Å²) in [6.45, 7) is 3.09. The standard InChI is InChI=1S/C14H17FO4S/c1-14(2,13(16)17)8-9-3-6-12(11(15)7-9)20(18,19)10-4-5-10/h3,6-7,10H,4-5,8H2,1-2H3,(H,16,17). The second-order valence-electron chi connectivity index (χ2n) is 5.87. The van der Waals surface area contributed by atoms with Crippen LogP contribution in [0.3, 0.4) is 0 Å². The zero-order valence-electron chi connectivity index (χ0n) is 11.4. The highest BCUT2D eigenvalue weighted by Crippen LogP contribution is 2.35. The molecule has 1 aliphatic carbocycles. The van der Waals surface area contributed by atoms with Crippen LogP contribution in [0, 0.1) is 11.2 Å². The first-order valence-electron chi connectivity index (χ1n) is 6.40. The summed E-state index contributed by atoms with van der Waals surface area (Å²) in [6, 6.07) is 3.86. The first-order chi connectivity index (χ1) is 9.14. The maximum absolute atomic E-state index is 14.0. The second-order valence-corrected chi connectivity index (χ2v) is 8.07. The molecular weight excluding hydrogens is 283 g/mol. The largest absolute Gasteiger partial charge is 0.481 e. The predicted molar refractivity (Wildman–Crippen MR) is 71.7 cm³/mol. The number of sulfone groups is 1. The SMILES string of the molecule is CC(C)(Cc1ccc(S(=O)(=O)C2CC2)c(F)c1)C(=O)O. The Morgan fingerprint density at radius 2 is 2.00 bits per heavy atom. The molecule has 1 fully saturated rings. The normalized spacial score (nSPS) is 16.1. The molecule has 0 aromatic heterocycles. The molecule has 1 aliphatic rings. The van der Waals surface area contributed by atoms with E-state index in [0.717, 1.165) is 6.07 Å². The number of hydrogen-bond acceptors (Lipinski definition) is 3. The van der Waals surface area contributed by atoms with Crippen LogP contribution in [0.25, 0.3) is 0 Å². The van der Waals surface area contributed by atoms with Gasteiger partial charge in [-0.2, -0.15) is 0 Å². The van der Waals surface area contributed by atoms with Crippen LogP contribution in [0.4, 0.5) is 4.39 Å². The molecule has 0 bridgehead atoms. The van der Waals surface area contributed by atoms with E-state index in [2.05, 4.69) is 0 Å². The first-order valence-corrected chi connectivity index (χ1v) is 7.95. The van der Waals surface area contributed by atoms with E-state index >= 15 is 0 Å². The maximum atomic E-state index is 14.0. The summed E-state index contributed by atoms with van der Waals surface area (Å²) >= 11 is 0. The van der Waals surface area contributed by atoms with E-state index in [1.165, 1.54) is 12.1 Å². The van der Waals surface area contributed by atoms with Gasteiger partial charge in [0.2, 0.25) is 0 Å². The molecule has 0 aliphatic heterocycles. The van der Waals surface area contributed by atoms with Crippen molar-refractivity contribution in [1.29, 1.82) is 0 Å². The second kappa shape index (κ2) is 4.84. The molecule has 20 heavy (non-hydrogen) atoms. The first kappa shape index (κ1) is 15.0. The van der Waals surface area contributed by atoms with E-state index < -0.39 is 32.3 Å². The summed E-state index contributed by atoms with van der Waals surface area (Å²) in [5, 5.41) is 8.59. The molecule has 0 heterocycles. The minimum absolute atomic E-state index is 0.142. The van der Waals surface area contributed by atoms with E-state index in [0.29, 0.717) is 18.4 Å². The van der Waals surface area contributed by atoms with Crippen molar-refractivity contribution in [2.24, 2.45) is 5.41 Å². The van der Waals surface area contributed by atoms with Crippen LogP contribution >= 0.6 is 0 Å². The van der Waals surface area contributed by atoms with Gasteiger partial charge in [-0.05, 0) is 50.8 Å². The number of rotatable bonds is 5. The molecule has 0 radical (unpaired) electrons. The van der Waals surface area contributed by atoms with Crippen molar-refractivity contribution in [2.45, 2.75) is 43.3 Å². The Morgan fingerprint density at radius 1 is 1.40 bits per heavy atom. The third-order valence-corrected chi connectivity index (χ3v) is 5.78. The van der Waals surface area contributed by atoms with Crippen LogP contribution in [0.15, 0.2) is 23.1 Å². The minimum atomic E-state index is -3.56. The number of benzene rings is 1. The number of hydrogen-bond donors (Lipinski definition) is 1. The monoisotopic (exact) mass is 300 g/mol. The summed E-state index contributed by atoms with van der Waals surface area (Å²) in [7, 11) is -3.56. The summed E-state index contributed by atoms with van der Waals surface area (Å²) < 4.78 is 38.0. The van der Waals surface area contributed by atoms with Crippen molar-refractivity contribution in [2.75, 3.05) is 0 Å². The van der Waals surface area contributed by atoms with E-state index in [-0.39, 0.29) is 11.3 Å². The molecule has 1 aromatic rings. The molecule has 4 nitrogen and oxygen atoms in total. The Morgan fingerprint density at radius 3 is 2.45 bits per heavy atom. The number of carbonyl (C=O) groups is 1. The molecular formula is C14H17FO4S. The lowest BCUT2D eigenvalue weighted by Gasteiger charge is -2.19. The number of halogens is 1. The Bertz CT molecular complexity index is 645. The highest BCUT2D eigenvalue weighted by atomic mass is 32.2.